The summed E-state index contributed by atoms with van der Waals surface area (Å²) in [6, 6.07) is 0. The van der Waals surface area contributed by atoms with Gasteiger partial charge in [-0.1, -0.05) is 20.8 Å². The molecule has 178 valence electrons. The summed E-state index contributed by atoms with van der Waals surface area (Å²) in [7, 11) is 3.19. The van der Waals surface area contributed by atoms with Crippen molar-refractivity contribution >= 4 is 11.9 Å². The third-order valence-electron chi connectivity index (χ3n) is 2.32. The summed E-state index contributed by atoms with van der Waals surface area (Å²) in [6.45, 7) is 13.8. The molecule has 0 heterocycles. The second-order valence-electron chi connectivity index (χ2n) is 6.90. The fourth-order valence-electron chi connectivity index (χ4n) is 1.10. The Morgan fingerprint density at radius 3 is 1.21 bits per heavy atom. The third kappa shape index (κ3) is 58.4. The van der Waals surface area contributed by atoms with Crippen LogP contribution in [0.5, 0.6) is 0 Å². The lowest BCUT2D eigenvalue weighted by Crippen LogP contribution is -2.12. The van der Waals surface area contributed by atoms with Crippen molar-refractivity contribution in [1.82, 2.24) is 0 Å². The minimum Gasteiger partial charge on any atom is -0.466 e. The number of carbonyl (C=O) groups excluding carboxylic acids is 2. The predicted molar refractivity (Wildman–Crippen MR) is 111 cm³/mol. The minimum atomic E-state index is -0.557. The van der Waals surface area contributed by atoms with Gasteiger partial charge in [0.2, 0.25) is 0 Å². The number of aliphatic hydroxyl groups is 3. The molecule has 0 radical (unpaired) electrons. The number of hydrogen-bond acceptors (Lipinski definition) is 9. The van der Waals surface area contributed by atoms with Gasteiger partial charge in [-0.05, 0) is 19.8 Å². The van der Waals surface area contributed by atoms with E-state index in [0.717, 1.165) is 0 Å². The van der Waals surface area contributed by atoms with Gasteiger partial charge < -0.3 is 34.3 Å². The van der Waals surface area contributed by atoms with Crippen molar-refractivity contribution in [3.63, 3.8) is 0 Å². The molecule has 0 aromatic carbocycles. The Bertz CT molecular complexity index is 323. The standard InChI is InChI=1S/C6H12O2.C5H10O3.C5H12O2.C4H10O2/c1-5(2)4-8-6(3)7;1-4(6)3-8-5(2)7;1-5(3-6)4-7-2;1-4(5)3-6-2/h5H,4H2,1-3H3;4,6H,3H2,1-2H3;5-6H,3-4H2,1-2H3;4-5H,3H2,1-2H3. The molecule has 3 unspecified atom stereocenters. The van der Waals surface area contributed by atoms with Crippen LogP contribution < -0.4 is 0 Å². The number of rotatable bonds is 9. The molecule has 3 N–H and O–H groups in total. The third-order valence-corrected chi connectivity index (χ3v) is 2.32. The van der Waals surface area contributed by atoms with Crippen LogP contribution in [0.15, 0.2) is 0 Å². The average molecular weight is 429 g/mol. The summed E-state index contributed by atoms with van der Waals surface area (Å²) >= 11 is 0. The lowest BCUT2D eigenvalue weighted by molar-refractivity contribution is -0.143. The average Bonchev–Trinajstić information content (AvgIpc) is 2.60. The normalized spacial score (nSPS) is 12.6. The molecule has 0 spiro atoms. The van der Waals surface area contributed by atoms with Gasteiger partial charge in [0.25, 0.3) is 0 Å². The smallest absolute Gasteiger partial charge is 0.302 e. The maximum Gasteiger partial charge on any atom is 0.302 e. The Morgan fingerprint density at radius 2 is 1.10 bits per heavy atom. The number of methoxy groups -OCH3 is 2. The monoisotopic (exact) mass is 428 g/mol. The van der Waals surface area contributed by atoms with E-state index in [1.807, 2.05) is 20.8 Å². The second kappa shape index (κ2) is 26.7. The molecule has 0 aromatic rings. The summed E-state index contributed by atoms with van der Waals surface area (Å²) in [5.41, 5.74) is 0. The van der Waals surface area contributed by atoms with Crippen LogP contribution in [0.3, 0.4) is 0 Å². The SMILES string of the molecule is CC(=O)OCC(C)C.CC(=O)OCC(C)O.COCC(C)CO.COCC(C)O. The van der Waals surface area contributed by atoms with E-state index in [9.17, 15) is 9.59 Å². The van der Waals surface area contributed by atoms with Crippen LogP contribution >= 0.6 is 0 Å². The summed E-state index contributed by atoms with van der Waals surface area (Å²) in [5, 5.41) is 25.3. The van der Waals surface area contributed by atoms with Gasteiger partial charge in [0.15, 0.2) is 0 Å². The van der Waals surface area contributed by atoms with Crippen molar-refractivity contribution in [2.75, 3.05) is 47.3 Å². The molecule has 0 amide bonds. The molecular weight excluding hydrogens is 384 g/mol. The molecule has 3 atom stereocenters. The van der Waals surface area contributed by atoms with Crippen LogP contribution in [0.1, 0.15) is 48.5 Å². The van der Waals surface area contributed by atoms with Gasteiger partial charge in [-0.2, -0.15) is 0 Å². The Morgan fingerprint density at radius 1 is 0.724 bits per heavy atom. The number of hydrogen-bond donors (Lipinski definition) is 3. The quantitative estimate of drug-likeness (QED) is 0.466. The maximum absolute atomic E-state index is 10.1. The van der Waals surface area contributed by atoms with Crippen molar-refractivity contribution < 1.29 is 43.9 Å². The highest BCUT2D eigenvalue weighted by molar-refractivity contribution is 5.66. The summed E-state index contributed by atoms with van der Waals surface area (Å²) < 4.78 is 18.4. The topological polar surface area (TPSA) is 132 Å². The van der Waals surface area contributed by atoms with Crippen molar-refractivity contribution in [3.05, 3.63) is 0 Å². The van der Waals surface area contributed by atoms with E-state index in [1.165, 1.54) is 13.8 Å². The molecule has 0 rings (SSSR count). The van der Waals surface area contributed by atoms with Crippen LogP contribution in [0, 0.1) is 11.8 Å². The van der Waals surface area contributed by atoms with E-state index in [2.05, 4.69) is 14.2 Å². The maximum atomic E-state index is 10.1. The van der Waals surface area contributed by atoms with Gasteiger partial charge in [-0.3, -0.25) is 9.59 Å². The van der Waals surface area contributed by atoms with E-state index in [-0.39, 0.29) is 37.2 Å². The predicted octanol–water partition coefficient (Wildman–Crippen LogP) is 1.41. The first-order chi connectivity index (χ1) is 13.3. The summed E-state index contributed by atoms with van der Waals surface area (Å²) in [6.07, 6.45) is -0.881. The number of carbonyl (C=O) groups is 2. The number of esters is 2. The molecule has 0 aliphatic heterocycles. The van der Waals surface area contributed by atoms with Crippen molar-refractivity contribution in [1.29, 1.82) is 0 Å². The highest BCUT2D eigenvalue weighted by atomic mass is 16.5. The highest BCUT2D eigenvalue weighted by Gasteiger charge is 1.96. The van der Waals surface area contributed by atoms with Gasteiger partial charge in [-0.25, -0.2) is 0 Å². The summed E-state index contributed by atoms with van der Waals surface area (Å²) in [5.74, 6) is 0.175. The molecule has 0 aliphatic rings. The zero-order chi connectivity index (χ0) is 23.8. The fraction of sp³-hybridized carbons (Fsp3) is 0.900. The molecule has 0 aromatic heterocycles. The zero-order valence-electron chi connectivity index (χ0n) is 19.6. The van der Waals surface area contributed by atoms with E-state index in [4.69, 9.17) is 20.1 Å². The first kappa shape index (κ1) is 35.2. The van der Waals surface area contributed by atoms with Crippen LogP contribution in [-0.4, -0.2) is 86.7 Å². The molecule has 0 bridgehead atoms. The second-order valence-corrected chi connectivity index (χ2v) is 6.90. The Balaban J connectivity index is -0.000000145. The first-order valence-electron chi connectivity index (χ1n) is 9.55. The molecule has 9 nitrogen and oxygen atoms in total. The van der Waals surface area contributed by atoms with Crippen molar-refractivity contribution in [3.8, 4) is 0 Å². The van der Waals surface area contributed by atoms with E-state index in [1.54, 1.807) is 28.1 Å². The summed E-state index contributed by atoms with van der Waals surface area (Å²) in [4.78, 5) is 20.1. The molecule has 9 heteroatoms. The Kier molecular flexibility index (Phi) is 32.5. The first-order valence-corrected chi connectivity index (χ1v) is 9.55. The van der Waals surface area contributed by atoms with Gasteiger partial charge in [0.1, 0.15) is 6.61 Å². The minimum absolute atomic E-state index is 0.0926. The number of aliphatic hydroxyl groups excluding tert-OH is 3. The Hall–Kier alpha value is -1.26. The largest absolute Gasteiger partial charge is 0.466 e. The van der Waals surface area contributed by atoms with Crippen LogP contribution in [-0.2, 0) is 28.5 Å². The van der Waals surface area contributed by atoms with Crippen molar-refractivity contribution in [2.45, 2.75) is 60.7 Å². The molecule has 0 saturated heterocycles. The molecular formula is C20H44O9. The van der Waals surface area contributed by atoms with Gasteiger partial charge in [-0.15, -0.1) is 0 Å². The fourth-order valence-corrected chi connectivity index (χ4v) is 1.10. The lowest BCUT2D eigenvalue weighted by atomic mass is 10.2. The highest BCUT2D eigenvalue weighted by Crippen LogP contribution is 1.91. The van der Waals surface area contributed by atoms with Gasteiger partial charge in [0, 0.05) is 40.6 Å². The molecule has 0 aliphatic carbocycles. The van der Waals surface area contributed by atoms with Crippen LogP contribution in [0.2, 0.25) is 0 Å². The zero-order valence-corrected chi connectivity index (χ0v) is 19.6. The van der Waals surface area contributed by atoms with E-state index >= 15 is 0 Å². The van der Waals surface area contributed by atoms with E-state index < -0.39 is 6.10 Å². The molecule has 29 heavy (non-hydrogen) atoms. The van der Waals surface area contributed by atoms with Crippen molar-refractivity contribution in [2.24, 2.45) is 11.8 Å². The van der Waals surface area contributed by atoms with Crippen LogP contribution in [0.4, 0.5) is 0 Å². The Labute approximate surface area is 176 Å². The molecule has 0 fully saturated rings. The van der Waals surface area contributed by atoms with Crippen LogP contribution in [0.25, 0.3) is 0 Å². The van der Waals surface area contributed by atoms with Gasteiger partial charge >= 0.3 is 11.9 Å². The lowest BCUT2D eigenvalue weighted by Gasteiger charge is -2.02. The number of ether oxygens (including phenoxy) is 4. The van der Waals surface area contributed by atoms with E-state index in [0.29, 0.717) is 25.7 Å². The van der Waals surface area contributed by atoms with Gasteiger partial charge in [0.05, 0.1) is 32.0 Å². The molecule has 0 saturated carbocycles.